The number of β-amino-alcohol motifs (C(OH)–C–C–N with tert-alkyl or cyclic N) is 1. The number of fused-ring (bicyclic) bond motifs is 2. The quantitative estimate of drug-likeness (QED) is 0.0613. The number of likely N-dealkylation sites (N-methyl/N-ethyl adjacent to an activating group) is 1. The number of methoxy groups -OCH3 is 2. The largest absolute Gasteiger partial charge is 0.496 e. The lowest BCUT2D eigenvalue weighted by Crippen LogP contribution is -2.81. The van der Waals surface area contributed by atoms with Gasteiger partial charge in [0, 0.05) is 85.0 Å². The number of aromatic amines is 1. The molecule has 3 aromatic rings. The van der Waals surface area contributed by atoms with Gasteiger partial charge in [-0.05, 0) is 98.6 Å². The fraction of sp³-hybridized carbons (Fsp3) is 0.635. The van der Waals surface area contributed by atoms with Crippen LogP contribution in [0.15, 0.2) is 48.6 Å². The van der Waals surface area contributed by atoms with E-state index in [1.807, 2.05) is 50.9 Å². The van der Waals surface area contributed by atoms with Crippen LogP contribution in [0.4, 0.5) is 5.69 Å². The highest BCUT2D eigenvalue weighted by Gasteiger charge is 2.78. The Labute approximate surface area is 395 Å². The summed E-state index contributed by atoms with van der Waals surface area (Å²) in [5, 5.41) is 41.8. The molecule has 15 nitrogen and oxygen atoms in total. The number of hydrogen-bond donors (Lipinski definition) is 6. The molecular weight excluding hydrogens is 853 g/mol. The minimum absolute atomic E-state index is 0.0570. The van der Waals surface area contributed by atoms with Crippen LogP contribution in [-0.2, 0) is 48.5 Å². The van der Waals surface area contributed by atoms with Gasteiger partial charge in [-0.15, -0.1) is 0 Å². The first kappa shape index (κ1) is 48.9. The number of amides is 1. The number of aromatic nitrogens is 1. The van der Waals surface area contributed by atoms with Crippen molar-refractivity contribution in [3.63, 3.8) is 0 Å². The second kappa shape index (κ2) is 19.1. The van der Waals surface area contributed by atoms with Crippen LogP contribution in [-0.4, -0.2) is 151 Å². The van der Waals surface area contributed by atoms with Crippen molar-refractivity contribution >= 4 is 34.4 Å². The predicted molar refractivity (Wildman–Crippen MR) is 257 cm³/mol. The lowest BCUT2D eigenvalue weighted by atomic mass is 9.47. The van der Waals surface area contributed by atoms with Gasteiger partial charge in [-0.3, -0.25) is 24.2 Å². The fourth-order valence-corrected chi connectivity index (χ4v) is 13.2. The van der Waals surface area contributed by atoms with E-state index in [2.05, 4.69) is 57.4 Å². The number of aliphatic hydroxyl groups is 3. The van der Waals surface area contributed by atoms with Crippen molar-refractivity contribution in [2.75, 3.05) is 72.0 Å². The van der Waals surface area contributed by atoms with Crippen molar-refractivity contribution in [2.24, 2.45) is 23.0 Å². The first-order valence-corrected chi connectivity index (χ1v) is 24.6. The molecule has 67 heavy (non-hydrogen) atoms. The topological polar surface area (TPSA) is 203 Å². The van der Waals surface area contributed by atoms with Crippen molar-refractivity contribution < 1.29 is 43.9 Å². The number of likely N-dealkylation sites (tertiary alicyclic amines) is 1. The van der Waals surface area contributed by atoms with E-state index in [9.17, 15) is 29.7 Å². The van der Waals surface area contributed by atoms with Gasteiger partial charge in [-0.25, -0.2) is 0 Å². The van der Waals surface area contributed by atoms with Gasteiger partial charge in [0.2, 0.25) is 0 Å². The van der Waals surface area contributed by atoms with Crippen LogP contribution in [0.1, 0.15) is 88.6 Å². The van der Waals surface area contributed by atoms with Gasteiger partial charge in [-0.2, -0.15) is 0 Å². The lowest BCUT2D eigenvalue weighted by molar-refractivity contribution is -0.203. The number of aryl methyl sites for hydroxylation is 1. The summed E-state index contributed by atoms with van der Waals surface area (Å²) < 4.78 is 16.6. The molecule has 7 N–H and O–H groups in total. The molecule has 15 heteroatoms. The summed E-state index contributed by atoms with van der Waals surface area (Å²) in [6.07, 6.45) is 7.90. The van der Waals surface area contributed by atoms with E-state index >= 15 is 0 Å². The van der Waals surface area contributed by atoms with Gasteiger partial charge in [0.1, 0.15) is 17.9 Å². The van der Waals surface area contributed by atoms with E-state index in [0.717, 1.165) is 70.8 Å². The molecule has 0 bridgehead atoms. The van der Waals surface area contributed by atoms with Gasteiger partial charge >= 0.3 is 11.9 Å². The van der Waals surface area contributed by atoms with Gasteiger partial charge in [0.25, 0.3) is 5.91 Å². The number of carbonyl (C=O) groups is 3. The molecule has 4 aliphatic heterocycles. The fourth-order valence-electron chi connectivity index (χ4n) is 13.2. The molecule has 3 fully saturated rings. The number of esters is 2. The zero-order valence-corrected chi connectivity index (χ0v) is 40.6. The molecule has 2 aromatic carbocycles. The van der Waals surface area contributed by atoms with Crippen molar-refractivity contribution in [1.82, 2.24) is 20.1 Å². The third-order valence-electron chi connectivity index (χ3n) is 16.6. The Morgan fingerprint density at radius 3 is 2.55 bits per heavy atom. The van der Waals surface area contributed by atoms with Crippen molar-refractivity contribution in [3.05, 3.63) is 70.9 Å². The van der Waals surface area contributed by atoms with E-state index in [0.29, 0.717) is 58.0 Å². The van der Waals surface area contributed by atoms with Gasteiger partial charge in [0.15, 0.2) is 5.60 Å². The molecular formula is C52H74N6O9. The Morgan fingerprint density at radius 1 is 1.06 bits per heavy atom. The highest BCUT2D eigenvalue weighted by Crippen LogP contribution is 2.67. The Bertz CT molecular complexity index is 2350. The summed E-state index contributed by atoms with van der Waals surface area (Å²) >= 11 is 0. The number of benzene rings is 2. The summed E-state index contributed by atoms with van der Waals surface area (Å²) in [5.41, 5.74) is 7.16. The van der Waals surface area contributed by atoms with Crippen LogP contribution < -0.4 is 20.7 Å². The Hall–Kier alpha value is -4.51. The highest BCUT2D eigenvalue weighted by atomic mass is 16.5. The Kier molecular flexibility index (Phi) is 14.0. The van der Waals surface area contributed by atoms with Crippen LogP contribution >= 0.6 is 0 Å². The minimum Gasteiger partial charge on any atom is -0.496 e. The third kappa shape index (κ3) is 8.34. The number of piperidine rings is 1. The number of nitrogens with zero attached hydrogens (tertiary/aromatic N) is 3. The first-order chi connectivity index (χ1) is 32.0. The highest BCUT2D eigenvalue weighted by molar-refractivity contribution is 5.90. The maximum atomic E-state index is 14.7. The zero-order valence-electron chi connectivity index (χ0n) is 40.6. The van der Waals surface area contributed by atoms with E-state index in [1.54, 1.807) is 7.11 Å². The summed E-state index contributed by atoms with van der Waals surface area (Å²) in [4.78, 5) is 49.8. The number of para-hydroxylation sites is 1. The van der Waals surface area contributed by atoms with Gasteiger partial charge in [-0.1, -0.05) is 58.0 Å². The molecule has 0 radical (unpaired) electrons. The monoisotopic (exact) mass is 927 g/mol. The Morgan fingerprint density at radius 2 is 1.84 bits per heavy atom. The average molecular weight is 927 g/mol. The van der Waals surface area contributed by atoms with Crippen LogP contribution in [0.3, 0.4) is 0 Å². The zero-order chi connectivity index (χ0) is 48.1. The standard InChI is InChI=1S/C52H74N6O9/c1-8-49(63)29-33(30-57(31-49)23-18-36-35-14-10-11-15-38(35)55-39(36)27-42(59)66-7)16-17-34-26-37-40(28-41(34)65-6)56(5)46-51(37)20-24-58-22-12-19-50(9-2,45(51)58)47(61)52(46,64)48(62)54-21-13-25-67-44(60)43(53)32(3)4/h10-12,14-15,19,26,28,32-33,43,45-47,55,61,63-64H,8-9,13,16-18,20-25,27,29-31,53H2,1-7H3,(H,54,62)/t33?,43?,45?,46?,47-,49?,50-,51?,52+/m1/s1. The maximum Gasteiger partial charge on any atom is 0.323 e. The van der Waals surface area contributed by atoms with Crippen LogP contribution in [0.2, 0.25) is 0 Å². The number of aliphatic hydroxyl groups excluding tert-OH is 1. The molecule has 1 amide bonds. The summed E-state index contributed by atoms with van der Waals surface area (Å²) in [7, 11) is 5.00. The molecule has 5 heterocycles. The number of carbonyl (C=O) groups excluding carboxylic acids is 3. The number of nitrogens with one attached hydrogen (secondary N) is 2. The maximum absolute atomic E-state index is 14.7. The first-order valence-electron chi connectivity index (χ1n) is 24.6. The molecule has 2 saturated heterocycles. The van der Waals surface area contributed by atoms with Crippen molar-refractivity contribution in [3.8, 4) is 5.75 Å². The van der Waals surface area contributed by atoms with Gasteiger partial charge in [0.05, 0.1) is 38.9 Å². The molecule has 1 aliphatic carbocycles. The predicted octanol–water partition coefficient (Wildman–Crippen LogP) is 3.77. The van der Waals surface area contributed by atoms with Crippen molar-refractivity contribution in [2.45, 2.75) is 126 Å². The number of anilines is 1. The molecule has 1 saturated carbocycles. The average Bonchev–Trinajstić information content (AvgIpc) is 3.97. The van der Waals surface area contributed by atoms with E-state index in [4.69, 9.17) is 19.9 Å². The number of ether oxygens (including phenoxy) is 3. The Balaban J connectivity index is 1.05. The second-order valence-corrected chi connectivity index (χ2v) is 20.6. The molecule has 5 aliphatic rings. The molecule has 6 unspecified atom stereocenters. The van der Waals surface area contributed by atoms with Crippen molar-refractivity contribution in [1.29, 1.82) is 0 Å². The molecule has 1 aromatic heterocycles. The summed E-state index contributed by atoms with van der Waals surface area (Å²) in [6.45, 7) is 11.5. The van der Waals surface area contributed by atoms with E-state index in [-0.39, 0.29) is 43.4 Å². The summed E-state index contributed by atoms with van der Waals surface area (Å²) in [6, 6.07) is 10.7. The third-order valence-corrected chi connectivity index (χ3v) is 16.6. The van der Waals surface area contributed by atoms with Crippen LogP contribution in [0.25, 0.3) is 10.9 Å². The molecule has 366 valence electrons. The van der Waals surface area contributed by atoms with E-state index in [1.165, 1.54) is 7.11 Å². The summed E-state index contributed by atoms with van der Waals surface area (Å²) in [5.74, 6) is -0.606. The smallest absolute Gasteiger partial charge is 0.323 e. The van der Waals surface area contributed by atoms with E-state index < -0.39 is 52.1 Å². The molecule has 9 atom stereocenters. The lowest BCUT2D eigenvalue weighted by Gasteiger charge is -2.63. The molecule has 1 spiro atoms. The number of H-pyrrole nitrogens is 1. The van der Waals surface area contributed by atoms with Crippen LogP contribution in [0, 0.1) is 17.3 Å². The minimum atomic E-state index is -2.22. The van der Waals surface area contributed by atoms with Crippen LogP contribution in [0.5, 0.6) is 5.75 Å². The molecule has 8 rings (SSSR count). The normalized spacial score (nSPS) is 30.5. The number of rotatable bonds is 18. The number of hydrogen-bond acceptors (Lipinski definition) is 13. The number of nitrogens with two attached hydrogens (primary N) is 1. The van der Waals surface area contributed by atoms with Gasteiger partial charge < -0.3 is 50.5 Å². The SMILES string of the molecule is CCC1(O)CC(CCc2cc3c(cc2OC)N(C)C2C34CCN3CC=C[C@](CC)(C34)[C@@H](O)[C@]2(O)C(=O)NCCCOC(=O)C(N)C(C)C)CN(CCc2c(CC(=O)OC)[nH]c3ccccc23)C1. The second-order valence-electron chi connectivity index (χ2n) is 20.6.